The van der Waals surface area contributed by atoms with Gasteiger partial charge in [-0.1, -0.05) is 42.6 Å². The predicted octanol–water partition coefficient (Wildman–Crippen LogP) is 3.19. The molecule has 0 aliphatic heterocycles. The van der Waals surface area contributed by atoms with Crippen molar-refractivity contribution in [3.8, 4) is 0 Å². The number of guanidine groups is 1. The summed E-state index contributed by atoms with van der Waals surface area (Å²) in [6.45, 7) is 3.96. The van der Waals surface area contributed by atoms with Crippen LogP contribution in [0.1, 0.15) is 44.6 Å². The Labute approximate surface area is 155 Å². The molecule has 1 fully saturated rings. The van der Waals surface area contributed by atoms with E-state index >= 15 is 0 Å². The molecule has 25 heavy (non-hydrogen) atoms. The second-order valence-corrected chi connectivity index (χ2v) is 6.89. The van der Waals surface area contributed by atoms with Gasteiger partial charge in [-0.05, 0) is 31.4 Å². The molecule has 0 unspecified atom stereocenters. The number of aliphatic imine (C=N–C) groups is 1. The fourth-order valence-electron chi connectivity index (χ4n) is 3.06. The Morgan fingerprint density at radius 3 is 2.72 bits per heavy atom. The molecule has 0 spiro atoms. The molecule has 6 heteroatoms. The van der Waals surface area contributed by atoms with Crippen molar-refractivity contribution in [1.29, 1.82) is 0 Å². The third-order valence-corrected chi connectivity index (χ3v) is 4.75. The number of carbonyl (C=O) groups is 1. The molecule has 0 atom stereocenters. The van der Waals surface area contributed by atoms with Gasteiger partial charge in [0, 0.05) is 37.6 Å². The third kappa shape index (κ3) is 6.58. The van der Waals surface area contributed by atoms with Gasteiger partial charge in [0.15, 0.2) is 5.96 Å². The average molecular weight is 365 g/mol. The van der Waals surface area contributed by atoms with Gasteiger partial charge < -0.3 is 15.5 Å². The van der Waals surface area contributed by atoms with E-state index < -0.39 is 0 Å². The molecule has 1 saturated carbocycles. The van der Waals surface area contributed by atoms with Crippen molar-refractivity contribution in [3.05, 3.63) is 34.9 Å². The normalized spacial score (nSPS) is 15.2. The van der Waals surface area contributed by atoms with E-state index in [0.29, 0.717) is 25.6 Å². The highest BCUT2D eigenvalue weighted by atomic mass is 35.5. The number of benzene rings is 1. The summed E-state index contributed by atoms with van der Waals surface area (Å²) in [6.07, 6.45) is 5.09. The number of rotatable bonds is 7. The van der Waals surface area contributed by atoms with Crippen molar-refractivity contribution in [2.24, 2.45) is 4.99 Å². The molecule has 2 rings (SSSR count). The van der Waals surface area contributed by atoms with Crippen molar-refractivity contribution in [2.75, 3.05) is 20.1 Å². The fourth-order valence-corrected chi connectivity index (χ4v) is 3.26. The second-order valence-electron chi connectivity index (χ2n) is 6.48. The first-order valence-corrected chi connectivity index (χ1v) is 9.50. The first-order valence-electron chi connectivity index (χ1n) is 9.12. The quantitative estimate of drug-likeness (QED) is 0.577. The predicted molar refractivity (Wildman–Crippen MR) is 104 cm³/mol. The van der Waals surface area contributed by atoms with Crippen molar-refractivity contribution in [3.63, 3.8) is 0 Å². The highest BCUT2D eigenvalue weighted by Gasteiger charge is 2.16. The number of nitrogens with one attached hydrogen (secondary N) is 2. The van der Waals surface area contributed by atoms with Gasteiger partial charge in [-0.3, -0.25) is 9.79 Å². The van der Waals surface area contributed by atoms with Gasteiger partial charge in [-0.15, -0.1) is 0 Å². The van der Waals surface area contributed by atoms with E-state index in [4.69, 9.17) is 11.6 Å². The maximum Gasteiger partial charge on any atom is 0.222 e. The van der Waals surface area contributed by atoms with E-state index in [1.165, 1.54) is 12.8 Å². The van der Waals surface area contributed by atoms with Crippen LogP contribution in [0, 0.1) is 0 Å². The van der Waals surface area contributed by atoms with Crippen LogP contribution in [0.25, 0.3) is 0 Å². The average Bonchev–Trinajstić information content (AvgIpc) is 3.09. The van der Waals surface area contributed by atoms with Crippen LogP contribution in [0.4, 0.5) is 0 Å². The Morgan fingerprint density at radius 2 is 2.04 bits per heavy atom. The van der Waals surface area contributed by atoms with Crippen LogP contribution in [0.3, 0.4) is 0 Å². The highest BCUT2D eigenvalue weighted by Crippen LogP contribution is 2.18. The Bertz CT molecular complexity index is 585. The second kappa shape index (κ2) is 10.3. The standard InChI is InChI=1S/C19H29ClN4O/c1-3-21-19(24(2)14-15-8-4-7-11-17(15)20)22-13-12-18(25)23-16-9-5-6-10-16/h4,7-8,11,16H,3,5-6,9-10,12-14H2,1-2H3,(H,21,22)(H,23,25). The number of carbonyl (C=O) groups excluding carboxylic acids is 1. The summed E-state index contributed by atoms with van der Waals surface area (Å²) in [4.78, 5) is 18.6. The van der Waals surface area contributed by atoms with Crippen LogP contribution in [0.2, 0.25) is 5.02 Å². The molecule has 0 bridgehead atoms. The molecular weight excluding hydrogens is 336 g/mol. The van der Waals surface area contributed by atoms with Gasteiger partial charge >= 0.3 is 0 Å². The number of amides is 1. The lowest BCUT2D eigenvalue weighted by Gasteiger charge is -2.22. The molecule has 2 N–H and O–H groups in total. The molecule has 138 valence electrons. The van der Waals surface area contributed by atoms with E-state index in [2.05, 4.69) is 15.6 Å². The minimum atomic E-state index is 0.0975. The van der Waals surface area contributed by atoms with Crippen molar-refractivity contribution in [2.45, 2.75) is 51.6 Å². The lowest BCUT2D eigenvalue weighted by Crippen LogP contribution is -2.39. The number of nitrogens with zero attached hydrogens (tertiary/aromatic N) is 2. The first kappa shape index (κ1) is 19.6. The largest absolute Gasteiger partial charge is 0.357 e. The van der Waals surface area contributed by atoms with Crippen LogP contribution in [0.5, 0.6) is 0 Å². The number of halogens is 1. The fraction of sp³-hybridized carbons (Fsp3) is 0.579. The van der Waals surface area contributed by atoms with E-state index in [1.54, 1.807) is 0 Å². The summed E-state index contributed by atoms with van der Waals surface area (Å²) in [5.41, 5.74) is 1.05. The molecule has 1 aliphatic carbocycles. The summed E-state index contributed by atoms with van der Waals surface area (Å²) >= 11 is 6.24. The Kier molecular flexibility index (Phi) is 8.06. The third-order valence-electron chi connectivity index (χ3n) is 4.38. The molecule has 0 aromatic heterocycles. The lowest BCUT2D eigenvalue weighted by atomic mass is 10.2. The SMILES string of the molecule is CCNC(=NCCC(=O)NC1CCCC1)N(C)Cc1ccccc1Cl. The van der Waals surface area contributed by atoms with Crippen LogP contribution in [0.15, 0.2) is 29.3 Å². The van der Waals surface area contributed by atoms with Gasteiger partial charge in [0.1, 0.15) is 0 Å². The number of hydrogen-bond acceptors (Lipinski definition) is 2. The van der Waals surface area contributed by atoms with Crippen molar-refractivity contribution in [1.82, 2.24) is 15.5 Å². The molecule has 1 amide bonds. The summed E-state index contributed by atoms with van der Waals surface area (Å²) in [5, 5.41) is 7.12. The first-order chi connectivity index (χ1) is 12.1. The van der Waals surface area contributed by atoms with Gasteiger partial charge in [0.05, 0.1) is 6.54 Å². The lowest BCUT2D eigenvalue weighted by molar-refractivity contribution is -0.121. The van der Waals surface area contributed by atoms with E-state index in [9.17, 15) is 4.79 Å². The van der Waals surface area contributed by atoms with Crippen LogP contribution in [-0.4, -0.2) is 42.9 Å². The maximum absolute atomic E-state index is 12.0. The van der Waals surface area contributed by atoms with E-state index in [-0.39, 0.29) is 5.91 Å². The van der Waals surface area contributed by atoms with E-state index in [0.717, 1.165) is 35.9 Å². The summed E-state index contributed by atoms with van der Waals surface area (Å²) in [7, 11) is 1.98. The highest BCUT2D eigenvalue weighted by molar-refractivity contribution is 6.31. The summed E-state index contributed by atoms with van der Waals surface area (Å²) in [5.74, 6) is 0.886. The Morgan fingerprint density at radius 1 is 1.32 bits per heavy atom. The molecule has 1 aromatic carbocycles. The van der Waals surface area contributed by atoms with E-state index in [1.807, 2.05) is 43.1 Å². The van der Waals surface area contributed by atoms with Gasteiger partial charge in [0.25, 0.3) is 0 Å². The van der Waals surface area contributed by atoms with Gasteiger partial charge in [-0.25, -0.2) is 0 Å². The maximum atomic E-state index is 12.0. The minimum absolute atomic E-state index is 0.0975. The van der Waals surface area contributed by atoms with Crippen LogP contribution >= 0.6 is 11.6 Å². The summed E-state index contributed by atoms with van der Waals surface area (Å²) < 4.78 is 0. The zero-order valence-electron chi connectivity index (χ0n) is 15.2. The molecular formula is C19H29ClN4O. The Balaban J connectivity index is 1.86. The topological polar surface area (TPSA) is 56.7 Å². The van der Waals surface area contributed by atoms with Gasteiger partial charge in [-0.2, -0.15) is 0 Å². The molecule has 0 radical (unpaired) electrons. The molecule has 1 aromatic rings. The monoisotopic (exact) mass is 364 g/mol. The molecule has 1 aliphatic rings. The van der Waals surface area contributed by atoms with Crippen molar-refractivity contribution < 1.29 is 4.79 Å². The smallest absolute Gasteiger partial charge is 0.222 e. The molecule has 0 saturated heterocycles. The number of hydrogen-bond donors (Lipinski definition) is 2. The minimum Gasteiger partial charge on any atom is -0.357 e. The molecule has 5 nitrogen and oxygen atoms in total. The Hall–Kier alpha value is -1.75. The van der Waals surface area contributed by atoms with Crippen LogP contribution < -0.4 is 10.6 Å². The summed E-state index contributed by atoms with van der Waals surface area (Å²) in [6, 6.07) is 8.17. The zero-order valence-corrected chi connectivity index (χ0v) is 16.0. The van der Waals surface area contributed by atoms with Gasteiger partial charge in [0.2, 0.25) is 5.91 Å². The zero-order chi connectivity index (χ0) is 18.1. The molecule has 0 heterocycles. The van der Waals surface area contributed by atoms with Crippen LogP contribution in [-0.2, 0) is 11.3 Å². The van der Waals surface area contributed by atoms with Crippen molar-refractivity contribution >= 4 is 23.5 Å².